The highest BCUT2D eigenvalue weighted by Crippen LogP contribution is 2.24. The second-order valence-corrected chi connectivity index (χ2v) is 6.35. The molecular weight excluding hydrogens is 272 g/mol. The lowest BCUT2D eigenvalue weighted by molar-refractivity contribution is 0.0931. The molecule has 0 aromatic heterocycles. The van der Waals surface area contributed by atoms with E-state index < -0.39 is 0 Å². The Kier molecular flexibility index (Phi) is 7.84. The van der Waals surface area contributed by atoms with Gasteiger partial charge in [0.15, 0.2) is 0 Å². The zero-order valence-corrected chi connectivity index (χ0v) is 13.7. The molecule has 0 fully saturated rings. The SMILES string of the molecule is CC(C)CC(C)(C)CNC(=O)c1ccc(CN)cc1.Cl. The Morgan fingerprint density at radius 1 is 1.25 bits per heavy atom. The second kappa shape index (κ2) is 8.28. The molecule has 20 heavy (non-hydrogen) atoms. The molecule has 1 aromatic carbocycles. The molecule has 0 heterocycles. The number of amides is 1. The number of halogens is 1. The van der Waals surface area contributed by atoms with Crippen molar-refractivity contribution in [2.75, 3.05) is 6.54 Å². The van der Waals surface area contributed by atoms with Gasteiger partial charge in [-0.2, -0.15) is 0 Å². The van der Waals surface area contributed by atoms with E-state index in [1.165, 1.54) is 0 Å². The van der Waals surface area contributed by atoms with E-state index in [1.807, 2.05) is 24.3 Å². The van der Waals surface area contributed by atoms with Crippen LogP contribution in [-0.4, -0.2) is 12.5 Å². The third-order valence-electron chi connectivity index (χ3n) is 3.14. The van der Waals surface area contributed by atoms with Gasteiger partial charge in [-0.3, -0.25) is 4.79 Å². The van der Waals surface area contributed by atoms with Gasteiger partial charge in [-0.05, 0) is 35.4 Å². The summed E-state index contributed by atoms with van der Waals surface area (Å²) in [6.45, 7) is 9.98. The van der Waals surface area contributed by atoms with Crippen molar-refractivity contribution in [2.45, 2.75) is 40.7 Å². The Hall–Kier alpha value is -1.06. The molecule has 0 unspecified atom stereocenters. The van der Waals surface area contributed by atoms with Crippen molar-refractivity contribution in [3.05, 3.63) is 35.4 Å². The summed E-state index contributed by atoms with van der Waals surface area (Å²) in [6, 6.07) is 7.45. The third-order valence-corrected chi connectivity index (χ3v) is 3.14. The first-order chi connectivity index (χ1) is 8.84. The van der Waals surface area contributed by atoms with Crippen molar-refractivity contribution in [3.63, 3.8) is 0 Å². The van der Waals surface area contributed by atoms with E-state index in [1.54, 1.807) is 0 Å². The third kappa shape index (κ3) is 6.40. The van der Waals surface area contributed by atoms with Crippen LogP contribution in [0.15, 0.2) is 24.3 Å². The highest BCUT2D eigenvalue weighted by atomic mass is 35.5. The summed E-state index contributed by atoms with van der Waals surface area (Å²) < 4.78 is 0. The number of benzene rings is 1. The van der Waals surface area contributed by atoms with Crippen LogP contribution in [0.3, 0.4) is 0 Å². The first kappa shape index (κ1) is 18.9. The van der Waals surface area contributed by atoms with E-state index in [2.05, 4.69) is 33.0 Å². The molecule has 4 heteroatoms. The first-order valence-corrected chi connectivity index (χ1v) is 6.91. The quantitative estimate of drug-likeness (QED) is 0.846. The summed E-state index contributed by atoms with van der Waals surface area (Å²) in [5.74, 6) is 0.621. The minimum atomic E-state index is -0.0135. The van der Waals surface area contributed by atoms with Crippen LogP contribution in [0.5, 0.6) is 0 Å². The minimum absolute atomic E-state index is 0. The van der Waals surface area contributed by atoms with Crippen LogP contribution in [0.25, 0.3) is 0 Å². The van der Waals surface area contributed by atoms with E-state index in [0.29, 0.717) is 24.6 Å². The summed E-state index contributed by atoms with van der Waals surface area (Å²) in [5.41, 5.74) is 7.39. The van der Waals surface area contributed by atoms with Gasteiger partial charge in [-0.25, -0.2) is 0 Å². The molecule has 3 N–H and O–H groups in total. The lowest BCUT2D eigenvalue weighted by Crippen LogP contribution is -2.34. The van der Waals surface area contributed by atoms with Crippen LogP contribution in [0.2, 0.25) is 0 Å². The van der Waals surface area contributed by atoms with Crippen molar-refractivity contribution < 1.29 is 4.79 Å². The molecule has 0 aliphatic heterocycles. The van der Waals surface area contributed by atoms with Crippen molar-refractivity contribution in [1.29, 1.82) is 0 Å². The van der Waals surface area contributed by atoms with Crippen molar-refractivity contribution >= 4 is 18.3 Å². The van der Waals surface area contributed by atoms with Crippen LogP contribution in [-0.2, 0) is 6.54 Å². The molecule has 3 nitrogen and oxygen atoms in total. The van der Waals surface area contributed by atoms with Crippen LogP contribution < -0.4 is 11.1 Å². The molecule has 0 aliphatic carbocycles. The second-order valence-electron chi connectivity index (χ2n) is 6.35. The van der Waals surface area contributed by atoms with Gasteiger partial charge < -0.3 is 11.1 Å². The van der Waals surface area contributed by atoms with Gasteiger partial charge in [0.05, 0.1) is 0 Å². The Morgan fingerprint density at radius 3 is 2.25 bits per heavy atom. The number of hydrogen-bond donors (Lipinski definition) is 2. The van der Waals surface area contributed by atoms with E-state index in [0.717, 1.165) is 12.0 Å². The van der Waals surface area contributed by atoms with Crippen LogP contribution in [0.1, 0.15) is 50.0 Å². The maximum Gasteiger partial charge on any atom is 0.251 e. The number of hydrogen-bond acceptors (Lipinski definition) is 2. The lowest BCUT2D eigenvalue weighted by Gasteiger charge is -2.27. The molecule has 0 saturated carbocycles. The lowest BCUT2D eigenvalue weighted by atomic mass is 9.84. The van der Waals surface area contributed by atoms with Crippen LogP contribution in [0, 0.1) is 11.3 Å². The van der Waals surface area contributed by atoms with Gasteiger partial charge in [0, 0.05) is 18.7 Å². The smallest absolute Gasteiger partial charge is 0.251 e. The highest BCUT2D eigenvalue weighted by molar-refractivity contribution is 5.94. The predicted molar refractivity (Wildman–Crippen MR) is 87.2 cm³/mol. The number of nitrogens with two attached hydrogens (primary N) is 1. The van der Waals surface area contributed by atoms with Crippen LogP contribution >= 0.6 is 12.4 Å². The van der Waals surface area contributed by atoms with Gasteiger partial charge in [0.25, 0.3) is 5.91 Å². The molecule has 0 aliphatic rings. The summed E-state index contributed by atoms with van der Waals surface area (Å²) in [4.78, 5) is 12.0. The summed E-state index contributed by atoms with van der Waals surface area (Å²) in [7, 11) is 0. The highest BCUT2D eigenvalue weighted by Gasteiger charge is 2.20. The normalized spacial score (nSPS) is 11.1. The minimum Gasteiger partial charge on any atom is -0.352 e. The van der Waals surface area contributed by atoms with Crippen molar-refractivity contribution in [1.82, 2.24) is 5.32 Å². The van der Waals surface area contributed by atoms with Gasteiger partial charge >= 0.3 is 0 Å². The fraction of sp³-hybridized carbons (Fsp3) is 0.562. The van der Waals surface area contributed by atoms with E-state index in [4.69, 9.17) is 5.73 Å². The van der Waals surface area contributed by atoms with E-state index >= 15 is 0 Å². The Morgan fingerprint density at radius 2 is 1.80 bits per heavy atom. The number of carbonyl (C=O) groups is 1. The Bertz CT molecular complexity index is 413. The molecule has 0 spiro atoms. The van der Waals surface area contributed by atoms with Crippen LogP contribution in [0.4, 0.5) is 0 Å². The molecule has 0 saturated heterocycles. The monoisotopic (exact) mass is 298 g/mol. The van der Waals surface area contributed by atoms with Crippen molar-refractivity contribution in [3.8, 4) is 0 Å². The topological polar surface area (TPSA) is 55.1 Å². The van der Waals surface area contributed by atoms with Crippen molar-refractivity contribution in [2.24, 2.45) is 17.1 Å². The van der Waals surface area contributed by atoms with E-state index in [-0.39, 0.29) is 23.7 Å². The number of carbonyl (C=O) groups excluding carboxylic acids is 1. The number of nitrogens with one attached hydrogen (secondary N) is 1. The standard InChI is InChI=1S/C16H26N2O.ClH/c1-12(2)9-16(3,4)11-18-15(19)14-7-5-13(10-17)6-8-14;/h5-8,12H,9-11,17H2,1-4H3,(H,18,19);1H. The molecule has 1 aromatic rings. The zero-order chi connectivity index (χ0) is 14.5. The molecule has 114 valence electrons. The Balaban J connectivity index is 0.00000361. The molecule has 0 bridgehead atoms. The van der Waals surface area contributed by atoms with Gasteiger partial charge in [-0.15, -0.1) is 12.4 Å². The fourth-order valence-electron chi connectivity index (χ4n) is 2.39. The summed E-state index contributed by atoms with van der Waals surface area (Å²) in [6.07, 6.45) is 1.10. The van der Waals surface area contributed by atoms with Gasteiger partial charge in [0.1, 0.15) is 0 Å². The average Bonchev–Trinajstić information content (AvgIpc) is 2.34. The molecular formula is C16H27ClN2O. The van der Waals surface area contributed by atoms with Gasteiger partial charge in [-0.1, -0.05) is 39.8 Å². The average molecular weight is 299 g/mol. The van der Waals surface area contributed by atoms with Gasteiger partial charge in [0.2, 0.25) is 0 Å². The predicted octanol–water partition coefficient (Wildman–Crippen LogP) is 3.37. The zero-order valence-electron chi connectivity index (χ0n) is 12.9. The molecule has 0 atom stereocenters. The maximum absolute atomic E-state index is 12.0. The Labute approximate surface area is 128 Å². The number of rotatable bonds is 6. The summed E-state index contributed by atoms with van der Waals surface area (Å²) >= 11 is 0. The molecule has 1 amide bonds. The van der Waals surface area contributed by atoms with E-state index in [9.17, 15) is 4.79 Å². The summed E-state index contributed by atoms with van der Waals surface area (Å²) in [5, 5.41) is 3.01. The fourth-order valence-corrected chi connectivity index (χ4v) is 2.39. The largest absolute Gasteiger partial charge is 0.352 e. The first-order valence-electron chi connectivity index (χ1n) is 6.91. The molecule has 1 rings (SSSR count). The molecule has 0 radical (unpaired) electrons. The maximum atomic E-state index is 12.0.